The van der Waals surface area contributed by atoms with Crippen molar-refractivity contribution >= 4 is 27.1 Å². The summed E-state index contributed by atoms with van der Waals surface area (Å²) in [6.45, 7) is -0.105. The van der Waals surface area contributed by atoms with Gasteiger partial charge in [0.15, 0.2) is 0 Å². The second kappa shape index (κ2) is 9.32. The molecule has 156 valence electrons. The lowest BCUT2D eigenvalue weighted by molar-refractivity contribution is -0.114. The van der Waals surface area contributed by atoms with Gasteiger partial charge in [-0.3, -0.25) is 4.79 Å². The van der Waals surface area contributed by atoms with Crippen LogP contribution in [0.1, 0.15) is 0 Å². The molecule has 8 heteroatoms. The van der Waals surface area contributed by atoms with Gasteiger partial charge < -0.3 is 20.1 Å². The zero-order valence-electron chi connectivity index (χ0n) is 16.6. The van der Waals surface area contributed by atoms with Gasteiger partial charge in [-0.1, -0.05) is 18.2 Å². The van der Waals surface area contributed by atoms with E-state index in [4.69, 9.17) is 9.47 Å². The summed E-state index contributed by atoms with van der Waals surface area (Å²) in [7, 11) is -0.719. The van der Waals surface area contributed by atoms with Crippen molar-refractivity contribution in [3.63, 3.8) is 0 Å². The number of nitrogens with one attached hydrogen (secondary N) is 2. The van der Waals surface area contributed by atoms with Crippen molar-refractivity contribution in [2.24, 2.45) is 0 Å². The quantitative estimate of drug-likeness (QED) is 0.572. The first-order valence-corrected chi connectivity index (χ1v) is 10.6. The Bertz CT molecular complexity index is 1130. The average molecular weight is 426 g/mol. The monoisotopic (exact) mass is 426 g/mol. The van der Waals surface area contributed by atoms with Crippen molar-refractivity contribution in [1.29, 1.82) is 0 Å². The summed E-state index contributed by atoms with van der Waals surface area (Å²) in [6.07, 6.45) is 0. The van der Waals surface area contributed by atoms with Crippen LogP contribution in [-0.4, -0.2) is 35.1 Å². The normalized spacial score (nSPS) is 10.9. The summed E-state index contributed by atoms with van der Waals surface area (Å²) < 4.78 is 36.3. The molecule has 0 radical (unpaired) electrons. The smallest absolute Gasteiger partial charge is 0.243 e. The van der Waals surface area contributed by atoms with E-state index in [1.54, 1.807) is 61.7 Å². The maximum atomic E-state index is 13.1. The second-order valence-corrected chi connectivity index (χ2v) is 8.23. The van der Waals surface area contributed by atoms with E-state index in [-0.39, 0.29) is 22.2 Å². The third-order valence-electron chi connectivity index (χ3n) is 4.34. The Morgan fingerprint density at radius 1 is 0.867 bits per heavy atom. The van der Waals surface area contributed by atoms with Gasteiger partial charge in [0, 0.05) is 11.8 Å². The van der Waals surface area contributed by atoms with E-state index in [0.717, 1.165) is 0 Å². The molecule has 0 aliphatic heterocycles. The molecule has 0 saturated carbocycles. The molecule has 1 amide bonds. The zero-order chi connectivity index (χ0) is 21.6. The molecule has 0 aliphatic carbocycles. The van der Waals surface area contributed by atoms with Gasteiger partial charge in [-0.05, 0) is 48.5 Å². The van der Waals surface area contributed by atoms with Gasteiger partial charge in [-0.15, -0.1) is 0 Å². The van der Waals surface area contributed by atoms with Crippen LogP contribution in [0.4, 0.5) is 11.4 Å². The average Bonchev–Trinajstić information content (AvgIpc) is 2.78. The van der Waals surface area contributed by atoms with Crippen LogP contribution in [0.2, 0.25) is 0 Å². The third-order valence-corrected chi connectivity index (χ3v) is 6.17. The van der Waals surface area contributed by atoms with Crippen molar-refractivity contribution in [2.45, 2.75) is 9.79 Å². The number of methoxy groups -OCH3 is 2. The molecule has 0 fully saturated rings. The van der Waals surface area contributed by atoms with E-state index < -0.39 is 9.84 Å². The van der Waals surface area contributed by atoms with Crippen molar-refractivity contribution in [3.05, 3.63) is 72.8 Å². The fraction of sp³-hybridized carbons (Fsp3) is 0.136. The minimum Gasteiger partial charge on any atom is -0.497 e. The predicted octanol–water partition coefficient (Wildman–Crippen LogP) is 3.59. The van der Waals surface area contributed by atoms with Gasteiger partial charge in [0.1, 0.15) is 11.5 Å². The Kier molecular flexibility index (Phi) is 6.58. The van der Waals surface area contributed by atoms with E-state index >= 15 is 0 Å². The molecule has 30 heavy (non-hydrogen) atoms. The van der Waals surface area contributed by atoms with Crippen LogP contribution in [0.3, 0.4) is 0 Å². The largest absolute Gasteiger partial charge is 0.497 e. The van der Waals surface area contributed by atoms with Crippen molar-refractivity contribution in [2.75, 3.05) is 31.4 Å². The number of anilines is 2. The van der Waals surface area contributed by atoms with Crippen LogP contribution in [-0.2, 0) is 14.6 Å². The maximum Gasteiger partial charge on any atom is 0.243 e. The lowest BCUT2D eigenvalue weighted by Crippen LogP contribution is -2.22. The van der Waals surface area contributed by atoms with Gasteiger partial charge in [-0.25, -0.2) is 8.42 Å². The first-order chi connectivity index (χ1) is 14.4. The van der Waals surface area contributed by atoms with Gasteiger partial charge >= 0.3 is 0 Å². The number of hydrogen-bond acceptors (Lipinski definition) is 6. The first kappa shape index (κ1) is 21.2. The molecular formula is C22H22N2O5S. The minimum atomic E-state index is -3.78. The number of para-hydroxylation sites is 1. The standard InChI is InChI=1S/C22H22N2O5S/c1-28-17-10-12-19(13-11-17)30(26,27)21-9-4-3-8-20(21)23-15-22(25)24-16-6-5-7-18(14-16)29-2/h3-14,23H,15H2,1-2H3,(H,24,25). The van der Waals surface area contributed by atoms with Gasteiger partial charge in [0.2, 0.25) is 15.7 Å². The van der Waals surface area contributed by atoms with E-state index in [0.29, 0.717) is 22.9 Å². The topological polar surface area (TPSA) is 93.7 Å². The summed E-state index contributed by atoms with van der Waals surface area (Å²) in [5.41, 5.74) is 0.925. The number of benzene rings is 3. The number of amides is 1. The van der Waals surface area contributed by atoms with Crippen molar-refractivity contribution in [1.82, 2.24) is 0 Å². The highest BCUT2D eigenvalue weighted by molar-refractivity contribution is 7.91. The summed E-state index contributed by atoms with van der Waals surface area (Å²) >= 11 is 0. The fourth-order valence-corrected chi connectivity index (χ4v) is 4.25. The summed E-state index contributed by atoms with van der Waals surface area (Å²) in [6, 6.07) is 19.6. The maximum absolute atomic E-state index is 13.1. The number of carbonyl (C=O) groups is 1. The lowest BCUT2D eigenvalue weighted by atomic mass is 10.3. The van der Waals surface area contributed by atoms with Crippen LogP contribution in [0.25, 0.3) is 0 Å². The third kappa shape index (κ3) is 4.90. The molecule has 3 aromatic carbocycles. The molecule has 7 nitrogen and oxygen atoms in total. The molecule has 0 atom stereocenters. The number of sulfone groups is 1. The Hall–Kier alpha value is -3.52. The van der Waals surface area contributed by atoms with E-state index in [1.165, 1.54) is 25.3 Å². The van der Waals surface area contributed by atoms with Crippen molar-refractivity contribution in [3.8, 4) is 11.5 Å². The van der Waals surface area contributed by atoms with Gasteiger partial charge in [0.25, 0.3) is 0 Å². The van der Waals surface area contributed by atoms with Crippen LogP contribution in [0.15, 0.2) is 82.6 Å². The Balaban J connectivity index is 1.75. The summed E-state index contributed by atoms with van der Waals surface area (Å²) in [4.78, 5) is 12.5. The molecule has 3 rings (SSSR count). The highest BCUT2D eigenvalue weighted by Crippen LogP contribution is 2.28. The summed E-state index contributed by atoms with van der Waals surface area (Å²) in [5.74, 6) is 0.867. The fourth-order valence-electron chi connectivity index (χ4n) is 2.81. The first-order valence-electron chi connectivity index (χ1n) is 9.10. The number of ether oxygens (including phenoxy) is 2. The van der Waals surface area contributed by atoms with E-state index in [2.05, 4.69) is 10.6 Å². The molecule has 0 saturated heterocycles. The SMILES string of the molecule is COc1ccc(S(=O)(=O)c2ccccc2NCC(=O)Nc2cccc(OC)c2)cc1. The molecule has 2 N–H and O–H groups in total. The van der Waals surface area contributed by atoms with Crippen molar-refractivity contribution < 1.29 is 22.7 Å². The van der Waals surface area contributed by atoms with Crippen LogP contribution >= 0.6 is 0 Å². The number of carbonyl (C=O) groups excluding carboxylic acids is 1. The second-order valence-electron chi connectivity index (χ2n) is 6.31. The highest BCUT2D eigenvalue weighted by Gasteiger charge is 2.21. The summed E-state index contributed by atoms with van der Waals surface area (Å²) in [5, 5.41) is 5.66. The molecule has 0 spiro atoms. The predicted molar refractivity (Wildman–Crippen MR) is 115 cm³/mol. The van der Waals surface area contributed by atoms with Crippen LogP contribution < -0.4 is 20.1 Å². The molecule has 0 heterocycles. The molecule has 0 unspecified atom stereocenters. The molecule has 0 bridgehead atoms. The minimum absolute atomic E-state index is 0.0874. The van der Waals surface area contributed by atoms with Crippen LogP contribution in [0, 0.1) is 0 Å². The number of rotatable bonds is 8. The lowest BCUT2D eigenvalue weighted by Gasteiger charge is -2.13. The molecule has 3 aromatic rings. The molecular weight excluding hydrogens is 404 g/mol. The van der Waals surface area contributed by atoms with Gasteiger partial charge in [-0.2, -0.15) is 0 Å². The van der Waals surface area contributed by atoms with Gasteiger partial charge in [0.05, 0.1) is 36.2 Å². The zero-order valence-corrected chi connectivity index (χ0v) is 17.4. The molecule has 0 aromatic heterocycles. The highest BCUT2D eigenvalue weighted by atomic mass is 32.2. The Morgan fingerprint density at radius 2 is 1.57 bits per heavy atom. The Morgan fingerprint density at radius 3 is 2.27 bits per heavy atom. The van der Waals surface area contributed by atoms with Crippen LogP contribution in [0.5, 0.6) is 11.5 Å². The molecule has 0 aliphatic rings. The van der Waals surface area contributed by atoms with E-state index in [1.807, 2.05) is 0 Å². The Labute approximate surface area is 175 Å². The number of hydrogen-bond donors (Lipinski definition) is 2. The van der Waals surface area contributed by atoms with E-state index in [9.17, 15) is 13.2 Å².